The van der Waals surface area contributed by atoms with Crippen LogP contribution >= 0.6 is 0 Å². The van der Waals surface area contributed by atoms with Crippen LogP contribution in [-0.2, 0) is 9.53 Å². The average molecular weight is 366 g/mol. The highest BCUT2D eigenvalue weighted by atomic mass is 16.5. The van der Waals surface area contributed by atoms with Crippen molar-refractivity contribution in [3.63, 3.8) is 0 Å². The van der Waals surface area contributed by atoms with Crippen LogP contribution in [-0.4, -0.2) is 78.5 Å². The summed E-state index contributed by atoms with van der Waals surface area (Å²) in [4.78, 5) is 17.3. The standard InChI is InChI=1S/C20H35N3O3/c1-14-17(24)6-5-16-15(12-19(25)26-20(14)16)13-22-8-10-23(11-9-22)18-4-2-3-7-21-18/h14-18,20-21,24H,2-13H2,1H3. The lowest BCUT2D eigenvalue weighted by atomic mass is 9.69. The highest BCUT2D eigenvalue weighted by Crippen LogP contribution is 2.41. The maximum atomic E-state index is 12.1. The second kappa shape index (κ2) is 8.13. The predicted molar refractivity (Wildman–Crippen MR) is 99.5 cm³/mol. The van der Waals surface area contributed by atoms with Crippen LogP contribution in [0.2, 0.25) is 0 Å². The molecular weight excluding hydrogens is 330 g/mol. The Balaban J connectivity index is 1.31. The largest absolute Gasteiger partial charge is 0.462 e. The molecule has 3 aliphatic heterocycles. The van der Waals surface area contributed by atoms with E-state index in [0.717, 1.165) is 52.1 Å². The number of piperazine rings is 1. The van der Waals surface area contributed by atoms with Gasteiger partial charge in [0.1, 0.15) is 6.10 Å². The summed E-state index contributed by atoms with van der Waals surface area (Å²) in [5.74, 6) is 0.802. The molecule has 0 amide bonds. The maximum absolute atomic E-state index is 12.1. The molecule has 2 N–H and O–H groups in total. The summed E-state index contributed by atoms with van der Waals surface area (Å²) in [6, 6.07) is 0. The lowest BCUT2D eigenvalue weighted by Gasteiger charge is -2.47. The molecule has 0 aromatic heterocycles. The number of esters is 1. The fraction of sp³-hybridized carbons (Fsp3) is 0.950. The Labute approximate surface area is 157 Å². The molecule has 4 rings (SSSR count). The molecule has 148 valence electrons. The second-order valence-corrected chi connectivity index (χ2v) is 8.89. The molecule has 0 aromatic carbocycles. The van der Waals surface area contributed by atoms with Crippen molar-refractivity contribution in [2.75, 3.05) is 39.3 Å². The van der Waals surface area contributed by atoms with E-state index in [1.807, 2.05) is 6.92 Å². The Hall–Kier alpha value is -0.690. The van der Waals surface area contributed by atoms with E-state index in [2.05, 4.69) is 15.1 Å². The van der Waals surface area contributed by atoms with Crippen molar-refractivity contribution < 1.29 is 14.6 Å². The molecule has 0 aromatic rings. The summed E-state index contributed by atoms with van der Waals surface area (Å²) >= 11 is 0. The molecule has 26 heavy (non-hydrogen) atoms. The van der Waals surface area contributed by atoms with E-state index in [-0.39, 0.29) is 24.1 Å². The van der Waals surface area contributed by atoms with Crippen molar-refractivity contribution in [2.24, 2.45) is 17.8 Å². The van der Waals surface area contributed by atoms with Gasteiger partial charge in [-0.3, -0.25) is 9.69 Å². The minimum Gasteiger partial charge on any atom is -0.462 e. The third-order valence-corrected chi connectivity index (χ3v) is 7.27. The van der Waals surface area contributed by atoms with Crippen LogP contribution in [0.3, 0.4) is 0 Å². The Bertz CT molecular complexity index is 489. The third-order valence-electron chi connectivity index (χ3n) is 7.27. The van der Waals surface area contributed by atoms with Gasteiger partial charge in [-0.25, -0.2) is 0 Å². The molecule has 6 unspecified atom stereocenters. The van der Waals surface area contributed by atoms with Gasteiger partial charge in [0.25, 0.3) is 0 Å². The van der Waals surface area contributed by atoms with Gasteiger partial charge in [-0.15, -0.1) is 0 Å². The summed E-state index contributed by atoms with van der Waals surface area (Å²) in [5, 5.41) is 13.8. The van der Waals surface area contributed by atoms with E-state index < -0.39 is 0 Å². The summed E-state index contributed by atoms with van der Waals surface area (Å²) in [7, 11) is 0. The van der Waals surface area contributed by atoms with Gasteiger partial charge < -0.3 is 20.1 Å². The number of carbonyl (C=O) groups excluding carboxylic acids is 1. The lowest BCUT2D eigenvalue weighted by molar-refractivity contribution is -0.179. The Morgan fingerprint density at radius 1 is 1.15 bits per heavy atom. The number of nitrogens with one attached hydrogen (secondary N) is 1. The highest BCUT2D eigenvalue weighted by Gasteiger charge is 2.46. The van der Waals surface area contributed by atoms with Crippen molar-refractivity contribution in [1.29, 1.82) is 0 Å². The normalized spacial score (nSPS) is 42.9. The van der Waals surface area contributed by atoms with Crippen LogP contribution in [0.25, 0.3) is 0 Å². The fourth-order valence-corrected chi connectivity index (χ4v) is 5.60. The molecule has 3 heterocycles. The maximum Gasteiger partial charge on any atom is 0.306 e. The van der Waals surface area contributed by atoms with E-state index in [0.29, 0.717) is 24.4 Å². The monoisotopic (exact) mass is 365 g/mol. The van der Waals surface area contributed by atoms with E-state index in [4.69, 9.17) is 4.74 Å². The van der Waals surface area contributed by atoms with E-state index in [1.54, 1.807) is 0 Å². The number of aliphatic hydroxyl groups is 1. The number of aliphatic hydroxyl groups excluding tert-OH is 1. The molecule has 1 saturated carbocycles. The average Bonchev–Trinajstić information content (AvgIpc) is 2.66. The predicted octanol–water partition coefficient (Wildman–Crippen LogP) is 1.04. The molecule has 3 saturated heterocycles. The van der Waals surface area contributed by atoms with Crippen molar-refractivity contribution in [2.45, 2.75) is 63.8 Å². The van der Waals surface area contributed by atoms with Crippen LogP contribution < -0.4 is 5.32 Å². The summed E-state index contributed by atoms with van der Waals surface area (Å²) in [5.41, 5.74) is 0. The zero-order valence-electron chi connectivity index (χ0n) is 16.1. The minimum atomic E-state index is -0.325. The molecular formula is C20H35N3O3. The Morgan fingerprint density at radius 2 is 1.96 bits per heavy atom. The molecule has 0 bridgehead atoms. The van der Waals surface area contributed by atoms with Crippen molar-refractivity contribution in [3.05, 3.63) is 0 Å². The van der Waals surface area contributed by atoms with Crippen molar-refractivity contribution >= 4 is 5.97 Å². The van der Waals surface area contributed by atoms with Crippen LogP contribution in [0.1, 0.15) is 45.4 Å². The minimum absolute atomic E-state index is 0.0646. The topological polar surface area (TPSA) is 65.0 Å². The van der Waals surface area contributed by atoms with E-state index in [9.17, 15) is 9.90 Å². The number of piperidine rings is 1. The van der Waals surface area contributed by atoms with E-state index >= 15 is 0 Å². The molecule has 4 aliphatic rings. The zero-order valence-corrected chi connectivity index (χ0v) is 16.1. The van der Waals surface area contributed by atoms with Crippen LogP contribution in [0, 0.1) is 17.8 Å². The van der Waals surface area contributed by atoms with Gasteiger partial charge >= 0.3 is 5.97 Å². The first-order chi connectivity index (χ1) is 12.6. The van der Waals surface area contributed by atoms with Gasteiger partial charge in [0, 0.05) is 51.0 Å². The van der Waals surface area contributed by atoms with Gasteiger partial charge in [-0.1, -0.05) is 6.92 Å². The van der Waals surface area contributed by atoms with Crippen LogP contribution in [0.4, 0.5) is 0 Å². The number of ether oxygens (including phenoxy) is 1. The van der Waals surface area contributed by atoms with Crippen LogP contribution in [0.5, 0.6) is 0 Å². The number of fused-ring (bicyclic) bond motifs is 1. The van der Waals surface area contributed by atoms with Gasteiger partial charge in [0.05, 0.1) is 12.3 Å². The molecule has 4 fully saturated rings. The van der Waals surface area contributed by atoms with Gasteiger partial charge in [-0.05, 0) is 44.6 Å². The zero-order chi connectivity index (χ0) is 18.1. The van der Waals surface area contributed by atoms with E-state index in [1.165, 1.54) is 19.3 Å². The van der Waals surface area contributed by atoms with Gasteiger partial charge in [0.2, 0.25) is 0 Å². The Morgan fingerprint density at radius 3 is 2.69 bits per heavy atom. The first kappa shape index (κ1) is 18.7. The number of nitrogens with zero attached hydrogens (tertiary/aromatic N) is 2. The quantitative estimate of drug-likeness (QED) is 0.729. The molecule has 0 radical (unpaired) electrons. The Kier molecular flexibility index (Phi) is 5.84. The van der Waals surface area contributed by atoms with Crippen molar-refractivity contribution in [3.8, 4) is 0 Å². The summed E-state index contributed by atoms with van der Waals surface area (Å²) in [6.07, 6.45) is 6.47. The first-order valence-electron chi connectivity index (χ1n) is 10.7. The lowest BCUT2D eigenvalue weighted by Crippen LogP contribution is -2.57. The summed E-state index contributed by atoms with van der Waals surface area (Å²) < 4.78 is 5.65. The summed E-state index contributed by atoms with van der Waals surface area (Å²) in [6.45, 7) is 8.63. The SMILES string of the molecule is CC1C(O)CCC2C(CN3CCN(C4CCCCN4)CC3)CC(=O)OC12. The smallest absolute Gasteiger partial charge is 0.306 e. The highest BCUT2D eigenvalue weighted by molar-refractivity contribution is 5.71. The molecule has 6 nitrogen and oxygen atoms in total. The second-order valence-electron chi connectivity index (χ2n) is 8.89. The van der Waals surface area contributed by atoms with Crippen molar-refractivity contribution in [1.82, 2.24) is 15.1 Å². The number of hydrogen-bond donors (Lipinski definition) is 2. The number of hydrogen-bond acceptors (Lipinski definition) is 6. The molecule has 6 atom stereocenters. The first-order valence-corrected chi connectivity index (χ1v) is 10.7. The van der Waals surface area contributed by atoms with Gasteiger partial charge in [-0.2, -0.15) is 0 Å². The van der Waals surface area contributed by atoms with Crippen LogP contribution in [0.15, 0.2) is 0 Å². The molecule has 1 aliphatic carbocycles. The third kappa shape index (κ3) is 3.93. The number of rotatable bonds is 3. The number of carbonyl (C=O) groups is 1. The molecule has 0 spiro atoms. The fourth-order valence-electron chi connectivity index (χ4n) is 5.60. The van der Waals surface area contributed by atoms with Gasteiger partial charge in [0.15, 0.2) is 0 Å². The molecule has 6 heteroatoms.